The molecule has 2 heterocycles. The smallest absolute Gasteiger partial charge is 0.303 e. The minimum atomic E-state index is -4.29. The molecule has 0 amide bonds. The SMILES string of the molecule is CCn1cc(S(=O)(=O)N2C[C@H](CCC(=O)O)Oc3ccc(/C=C(\C)c4c(F)cccc4Cl)cc32)c(OCCO)n1. The number of aliphatic carboxylic acids is 1. The van der Waals surface area contributed by atoms with Crippen LogP contribution in [0, 0.1) is 5.82 Å². The van der Waals surface area contributed by atoms with Crippen LogP contribution in [0.25, 0.3) is 11.6 Å². The van der Waals surface area contributed by atoms with Gasteiger partial charge >= 0.3 is 5.97 Å². The van der Waals surface area contributed by atoms with Gasteiger partial charge in [0, 0.05) is 24.7 Å². The number of anilines is 1. The highest BCUT2D eigenvalue weighted by Crippen LogP contribution is 2.41. The lowest BCUT2D eigenvalue weighted by atomic mass is 10.0. The van der Waals surface area contributed by atoms with Crippen LogP contribution in [0.3, 0.4) is 0 Å². The number of fused-ring (bicyclic) bond motifs is 1. The molecule has 214 valence electrons. The van der Waals surface area contributed by atoms with Crippen molar-refractivity contribution in [1.29, 1.82) is 0 Å². The molecule has 13 heteroatoms. The molecule has 0 spiro atoms. The van der Waals surface area contributed by atoms with Gasteiger partial charge in [0.25, 0.3) is 15.9 Å². The Morgan fingerprint density at radius 2 is 2.10 bits per heavy atom. The zero-order valence-electron chi connectivity index (χ0n) is 21.9. The zero-order chi connectivity index (χ0) is 29.0. The summed E-state index contributed by atoms with van der Waals surface area (Å²) in [7, 11) is -4.29. The van der Waals surface area contributed by atoms with Crippen molar-refractivity contribution in [2.75, 3.05) is 24.1 Å². The Morgan fingerprint density at radius 3 is 2.77 bits per heavy atom. The molecule has 0 saturated heterocycles. The molecular formula is C27H29ClFN3O7S. The van der Waals surface area contributed by atoms with Gasteiger partial charge in [-0.3, -0.25) is 13.8 Å². The van der Waals surface area contributed by atoms with Crippen molar-refractivity contribution in [2.24, 2.45) is 0 Å². The number of hydrogen-bond acceptors (Lipinski definition) is 7. The molecule has 4 rings (SSSR count). The molecular weight excluding hydrogens is 565 g/mol. The number of allylic oxidation sites excluding steroid dienone is 1. The minimum Gasteiger partial charge on any atom is -0.486 e. The molecule has 2 N–H and O–H groups in total. The number of hydrogen-bond donors (Lipinski definition) is 2. The van der Waals surface area contributed by atoms with E-state index in [4.69, 9.17) is 26.2 Å². The van der Waals surface area contributed by atoms with Gasteiger partial charge in [-0.1, -0.05) is 29.8 Å². The van der Waals surface area contributed by atoms with Gasteiger partial charge in [0.15, 0.2) is 4.90 Å². The fourth-order valence-electron chi connectivity index (χ4n) is 4.36. The van der Waals surface area contributed by atoms with Crippen LogP contribution in [0.4, 0.5) is 10.1 Å². The van der Waals surface area contributed by atoms with E-state index in [9.17, 15) is 22.7 Å². The normalized spacial score (nSPS) is 15.5. The van der Waals surface area contributed by atoms with Gasteiger partial charge in [-0.25, -0.2) is 12.8 Å². The van der Waals surface area contributed by atoms with Crippen LogP contribution in [0.1, 0.15) is 37.8 Å². The maximum absolute atomic E-state index is 14.5. The lowest BCUT2D eigenvalue weighted by Gasteiger charge is -2.35. The predicted octanol–water partition coefficient (Wildman–Crippen LogP) is 4.45. The van der Waals surface area contributed by atoms with Crippen LogP contribution in [0.5, 0.6) is 11.6 Å². The lowest BCUT2D eigenvalue weighted by molar-refractivity contribution is -0.137. The highest BCUT2D eigenvalue weighted by molar-refractivity contribution is 7.93. The second-order valence-corrected chi connectivity index (χ2v) is 11.3. The highest BCUT2D eigenvalue weighted by Gasteiger charge is 2.38. The van der Waals surface area contributed by atoms with Crippen molar-refractivity contribution in [3.05, 3.63) is 64.6 Å². The van der Waals surface area contributed by atoms with Crippen LogP contribution in [0.15, 0.2) is 47.5 Å². The number of carboxylic acids is 1. The molecule has 3 aromatic rings. The summed E-state index contributed by atoms with van der Waals surface area (Å²) >= 11 is 6.22. The van der Waals surface area contributed by atoms with E-state index in [1.54, 1.807) is 44.2 Å². The Balaban J connectivity index is 1.80. The summed E-state index contributed by atoms with van der Waals surface area (Å²) in [5.41, 5.74) is 1.53. The lowest BCUT2D eigenvalue weighted by Crippen LogP contribution is -2.43. The van der Waals surface area contributed by atoms with E-state index in [2.05, 4.69) is 5.10 Å². The number of carbonyl (C=O) groups is 1. The van der Waals surface area contributed by atoms with Crippen molar-refractivity contribution in [3.8, 4) is 11.6 Å². The Labute approximate surface area is 236 Å². The number of nitrogens with zero attached hydrogens (tertiary/aromatic N) is 3. The van der Waals surface area contributed by atoms with Gasteiger partial charge in [-0.2, -0.15) is 0 Å². The summed E-state index contributed by atoms with van der Waals surface area (Å²) in [4.78, 5) is 11.0. The molecule has 0 radical (unpaired) electrons. The molecule has 40 heavy (non-hydrogen) atoms. The number of aliphatic hydroxyl groups excluding tert-OH is 1. The Kier molecular flexibility index (Phi) is 9.02. The topological polar surface area (TPSA) is 131 Å². The van der Waals surface area contributed by atoms with Crippen LogP contribution in [-0.4, -0.2) is 60.2 Å². The van der Waals surface area contributed by atoms with E-state index in [1.807, 2.05) is 0 Å². The monoisotopic (exact) mass is 593 g/mol. The first-order valence-electron chi connectivity index (χ1n) is 12.5. The largest absolute Gasteiger partial charge is 0.486 e. The van der Waals surface area contributed by atoms with Crippen molar-refractivity contribution in [3.63, 3.8) is 0 Å². The number of aryl methyl sites for hydroxylation is 1. The Morgan fingerprint density at radius 1 is 1.32 bits per heavy atom. The maximum atomic E-state index is 14.5. The Bertz CT molecular complexity index is 1520. The maximum Gasteiger partial charge on any atom is 0.303 e. The molecule has 1 aliphatic heterocycles. The third-order valence-electron chi connectivity index (χ3n) is 6.25. The summed E-state index contributed by atoms with van der Waals surface area (Å²) in [6.45, 7) is 3.20. The molecule has 0 bridgehead atoms. The number of carboxylic acid groups (broad SMARTS) is 1. The molecule has 0 fully saturated rings. The van der Waals surface area contributed by atoms with E-state index >= 15 is 0 Å². The number of halogens is 2. The van der Waals surface area contributed by atoms with E-state index in [-0.39, 0.29) is 65.4 Å². The van der Waals surface area contributed by atoms with Crippen molar-refractivity contribution in [1.82, 2.24) is 9.78 Å². The standard InChI is InChI=1S/C27H29ClFN3O7S/c1-3-31-16-24(27(30-31)38-12-11-33)40(36,37)32-15-19(8-10-25(34)35)39-23-9-7-18(14-22(23)32)13-17(2)26-20(28)5-4-6-21(26)29/h4-7,9,13-14,16,19,33H,3,8,10-12,15H2,1-2H3,(H,34,35)/b17-13+/t19-/m0/s1. The number of aromatic nitrogens is 2. The molecule has 1 aliphatic rings. The highest BCUT2D eigenvalue weighted by atomic mass is 35.5. The average Bonchev–Trinajstić information content (AvgIpc) is 3.34. The van der Waals surface area contributed by atoms with Crippen molar-refractivity contribution >= 4 is 44.9 Å². The first-order chi connectivity index (χ1) is 19.0. The quantitative estimate of drug-likeness (QED) is 0.312. The van der Waals surface area contributed by atoms with Gasteiger partial charge in [0.05, 0.1) is 23.9 Å². The summed E-state index contributed by atoms with van der Waals surface area (Å²) in [6.07, 6.45) is 2.15. The van der Waals surface area contributed by atoms with Gasteiger partial charge < -0.3 is 19.7 Å². The van der Waals surface area contributed by atoms with E-state index in [1.165, 1.54) is 23.0 Å². The molecule has 1 atom stereocenters. The first kappa shape index (κ1) is 29.4. The second-order valence-electron chi connectivity index (χ2n) is 9.09. The summed E-state index contributed by atoms with van der Waals surface area (Å²) in [5.74, 6) is -1.44. The van der Waals surface area contributed by atoms with E-state index in [0.717, 1.165) is 4.31 Å². The van der Waals surface area contributed by atoms with E-state index < -0.39 is 27.9 Å². The number of ether oxygens (including phenoxy) is 2. The Hall–Kier alpha value is -3.61. The van der Waals surface area contributed by atoms with Crippen molar-refractivity contribution in [2.45, 2.75) is 44.2 Å². The molecule has 0 unspecified atom stereocenters. The average molecular weight is 594 g/mol. The van der Waals surface area contributed by atoms with Crippen LogP contribution in [-0.2, 0) is 21.4 Å². The second kappa shape index (κ2) is 12.3. The molecule has 1 aromatic heterocycles. The fourth-order valence-corrected chi connectivity index (χ4v) is 6.25. The van der Waals surface area contributed by atoms with E-state index in [0.29, 0.717) is 17.7 Å². The zero-order valence-corrected chi connectivity index (χ0v) is 23.5. The van der Waals surface area contributed by atoms with Gasteiger partial charge in [0.2, 0.25) is 0 Å². The van der Waals surface area contributed by atoms with Crippen LogP contribution < -0.4 is 13.8 Å². The third-order valence-corrected chi connectivity index (χ3v) is 8.33. The molecule has 2 aromatic carbocycles. The summed E-state index contributed by atoms with van der Waals surface area (Å²) in [5, 5.41) is 22.8. The predicted molar refractivity (Wildman–Crippen MR) is 148 cm³/mol. The number of rotatable bonds is 11. The van der Waals surface area contributed by atoms with Crippen LogP contribution in [0.2, 0.25) is 5.02 Å². The van der Waals surface area contributed by atoms with Gasteiger partial charge in [0.1, 0.15) is 24.3 Å². The van der Waals surface area contributed by atoms with Crippen LogP contribution >= 0.6 is 11.6 Å². The molecule has 0 saturated carbocycles. The third kappa shape index (κ3) is 6.24. The minimum absolute atomic E-state index is 0.0788. The molecule has 0 aliphatic carbocycles. The van der Waals surface area contributed by atoms with Crippen molar-refractivity contribution < 1.29 is 37.3 Å². The fraction of sp³-hybridized carbons (Fsp3) is 0.333. The molecule has 10 nitrogen and oxygen atoms in total. The number of sulfonamides is 1. The number of aliphatic hydroxyl groups is 1. The first-order valence-corrected chi connectivity index (χ1v) is 14.4. The van der Waals surface area contributed by atoms with Gasteiger partial charge in [-0.15, -0.1) is 5.10 Å². The number of benzene rings is 2. The van der Waals surface area contributed by atoms with Gasteiger partial charge in [-0.05, 0) is 55.7 Å². The summed E-state index contributed by atoms with van der Waals surface area (Å²) < 4.78 is 56.6. The summed E-state index contributed by atoms with van der Waals surface area (Å²) in [6, 6.07) is 9.26.